The van der Waals surface area contributed by atoms with Crippen molar-refractivity contribution in [3.05, 3.63) is 11.6 Å². The van der Waals surface area contributed by atoms with Crippen LogP contribution in [-0.2, 0) is 14.3 Å². The van der Waals surface area contributed by atoms with Gasteiger partial charge in [-0.15, -0.1) is 0 Å². The van der Waals surface area contributed by atoms with E-state index in [0.29, 0.717) is 0 Å². The summed E-state index contributed by atoms with van der Waals surface area (Å²) in [5.74, 6) is -3.29. The number of carboxylic acid groups (broad SMARTS) is 1. The van der Waals surface area contributed by atoms with Gasteiger partial charge in [-0.25, -0.2) is 4.79 Å². The van der Waals surface area contributed by atoms with Crippen LogP contribution in [0, 0.1) is 0 Å². The number of hydrogen-bond acceptors (Lipinski definition) is 6. The van der Waals surface area contributed by atoms with Crippen LogP contribution in [0.15, 0.2) is 11.6 Å². The van der Waals surface area contributed by atoms with Crippen LogP contribution in [0.1, 0.15) is 0 Å². The molecule has 2 N–H and O–H groups in total. The summed E-state index contributed by atoms with van der Waals surface area (Å²) in [5, 5.41) is 27.5. The minimum Gasteiger partial charge on any atom is -0.547 e. The van der Waals surface area contributed by atoms with Gasteiger partial charge in [-0.3, -0.25) is 0 Å². The number of rotatable bonds is 5. The van der Waals surface area contributed by atoms with E-state index in [-0.39, 0.29) is 11.6 Å². The Morgan fingerprint density at radius 2 is 1.93 bits per heavy atom. The van der Waals surface area contributed by atoms with Gasteiger partial charge in [0.25, 0.3) is 0 Å². The van der Waals surface area contributed by atoms with E-state index < -0.39 is 24.1 Å². The van der Waals surface area contributed by atoms with Crippen molar-refractivity contribution in [1.82, 2.24) is 0 Å². The maximum Gasteiger partial charge on any atom is 0.338 e. The second kappa shape index (κ2) is 5.58. The van der Waals surface area contributed by atoms with Crippen molar-refractivity contribution >= 4 is 23.5 Å². The standard InChI is InChI=1S/C7H9ClO6/c1-3(8)2-14-7(13)5(10)4(9)6(11)12/h4-5,9-10H,1-2H2,(H,11,12)/p-1. The van der Waals surface area contributed by atoms with Crippen molar-refractivity contribution < 1.29 is 29.6 Å². The lowest BCUT2D eigenvalue weighted by Crippen LogP contribution is -2.47. The molecule has 0 saturated carbocycles. The molecule has 6 nitrogen and oxygen atoms in total. The molecule has 14 heavy (non-hydrogen) atoms. The number of carbonyl (C=O) groups excluding carboxylic acids is 2. The molecule has 0 aromatic carbocycles. The van der Waals surface area contributed by atoms with Crippen molar-refractivity contribution in [2.24, 2.45) is 0 Å². The third-order valence-electron chi connectivity index (χ3n) is 1.15. The second-order valence-electron chi connectivity index (χ2n) is 2.33. The highest BCUT2D eigenvalue weighted by molar-refractivity contribution is 6.29. The monoisotopic (exact) mass is 223 g/mol. The fourth-order valence-electron chi connectivity index (χ4n) is 0.493. The van der Waals surface area contributed by atoms with E-state index in [1.54, 1.807) is 0 Å². The van der Waals surface area contributed by atoms with Crippen LogP contribution < -0.4 is 5.11 Å². The summed E-state index contributed by atoms with van der Waals surface area (Å²) in [7, 11) is 0. The molecule has 0 aliphatic carbocycles. The highest BCUT2D eigenvalue weighted by Crippen LogP contribution is 2.01. The van der Waals surface area contributed by atoms with Gasteiger partial charge in [0.2, 0.25) is 0 Å². The first-order valence-corrected chi connectivity index (χ1v) is 3.81. The van der Waals surface area contributed by atoms with Crippen LogP contribution in [0.2, 0.25) is 0 Å². The maximum atomic E-state index is 10.8. The first kappa shape index (κ1) is 12.9. The second-order valence-corrected chi connectivity index (χ2v) is 2.87. The van der Waals surface area contributed by atoms with Crippen LogP contribution in [0.4, 0.5) is 0 Å². The first-order chi connectivity index (χ1) is 6.36. The zero-order valence-corrected chi connectivity index (χ0v) is 7.73. The van der Waals surface area contributed by atoms with Gasteiger partial charge in [-0.1, -0.05) is 18.2 Å². The molecule has 0 spiro atoms. The molecule has 2 atom stereocenters. The normalized spacial score (nSPS) is 14.2. The molecule has 0 aliphatic rings. The van der Waals surface area contributed by atoms with E-state index in [1.807, 2.05) is 0 Å². The number of carbonyl (C=O) groups is 2. The summed E-state index contributed by atoms with van der Waals surface area (Å²) in [6, 6.07) is 0. The zero-order chi connectivity index (χ0) is 11.3. The van der Waals surface area contributed by atoms with Gasteiger partial charge >= 0.3 is 5.97 Å². The van der Waals surface area contributed by atoms with Crippen LogP contribution in [-0.4, -0.2) is 41.0 Å². The van der Waals surface area contributed by atoms with Gasteiger partial charge in [-0.2, -0.15) is 0 Å². The predicted molar refractivity (Wildman–Crippen MR) is 43.0 cm³/mol. The Bertz CT molecular complexity index is 251. The third-order valence-corrected chi connectivity index (χ3v) is 1.26. The predicted octanol–water partition coefficient (Wildman–Crippen LogP) is -2.25. The van der Waals surface area contributed by atoms with E-state index >= 15 is 0 Å². The summed E-state index contributed by atoms with van der Waals surface area (Å²) in [6.07, 6.45) is -4.53. The topological polar surface area (TPSA) is 107 Å². The zero-order valence-electron chi connectivity index (χ0n) is 6.97. The Balaban J connectivity index is 4.11. The number of aliphatic carboxylic acids is 1. The number of aliphatic hydroxyl groups excluding tert-OH is 2. The molecule has 2 unspecified atom stereocenters. The van der Waals surface area contributed by atoms with Gasteiger partial charge in [0.05, 0.1) is 5.97 Å². The molecule has 0 saturated heterocycles. The number of aliphatic hydroxyl groups is 2. The van der Waals surface area contributed by atoms with Gasteiger partial charge in [0.1, 0.15) is 12.7 Å². The summed E-state index contributed by atoms with van der Waals surface area (Å²) < 4.78 is 4.27. The fraction of sp³-hybridized carbons (Fsp3) is 0.429. The van der Waals surface area contributed by atoms with Gasteiger partial charge in [0, 0.05) is 5.03 Å². The average Bonchev–Trinajstić information content (AvgIpc) is 2.11. The lowest BCUT2D eigenvalue weighted by atomic mass is 10.2. The van der Waals surface area contributed by atoms with Crippen molar-refractivity contribution in [3.8, 4) is 0 Å². The van der Waals surface area contributed by atoms with E-state index in [2.05, 4.69) is 11.3 Å². The molecule has 0 rings (SSSR count). The smallest absolute Gasteiger partial charge is 0.338 e. The SMILES string of the molecule is C=C(Cl)COC(=O)C(O)C(O)C(=O)[O-]. The van der Waals surface area contributed by atoms with Crippen molar-refractivity contribution in [3.63, 3.8) is 0 Å². The lowest BCUT2D eigenvalue weighted by molar-refractivity contribution is -0.318. The van der Waals surface area contributed by atoms with Gasteiger partial charge in [-0.05, 0) is 0 Å². The highest BCUT2D eigenvalue weighted by atomic mass is 35.5. The maximum absolute atomic E-state index is 10.8. The Morgan fingerprint density at radius 1 is 1.43 bits per heavy atom. The summed E-state index contributed by atoms with van der Waals surface area (Å²) in [4.78, 5) is 20.8. The molecule has 0 aromatic heterocycles. The van der Waals surface area contributed by atoms with E-state index in [0.717, 1.165) is 0 Å². The highest BCUT2D eigenvalue weighted by Gasteiger charge is 2.26. The Labute approximate surface area is 84.4 Å². The molecular weight excluding hydrogens is 216 g/mol. The number of carboxylic acids is 1. The first-order valence-electron chi connectivity index (χ1n) is 3.43. The fourth-order valence-corrected chi connectivity index (χ4v) is 0.547. The number of hydrogen-bond donors (Lipinski definition) is 2. The van der Waals surface area contributed by atoms with Crippen LogP contribution in [0.3, 0.4) is 0 Å². The van der Waals surface area contributed by atoms with Crippen molar-refractivity contribution in [2.75, 3.05) is 6.61 Å². The van der Waals surface area contributed by atoms with Crippen LogP contribution in [0.25, 0.3) is 0 Å². The molecule has 0 radical (unpaired) electrons. The van der Waals surface area contributed by atoms with E-state index in [1.165, 1.54) is 0 Å². The van der Waals surface area contributed by atoms with Gasteiger partial charge < -0.3 is 24.9 Å². The van der Waals surface area contributed by atoms with Crippen molar-refractivity contribution in [2.45, 2.75) is 12.2 Å². The average molecular weight is 224 g/mol. The minimum atomic E-state index is -2.33. The molecule has 0 aliphatic heterocycles. The molecule has 7 heteroatoms. The Hall–Kier alpha value is -1.11. The van der Waals surface area contributed by atoms with Crippen LogP contribution >= 0.6 is 11.6 Å². The lowest BCUT2D eigenvalue weighted by Gasteiger charge is -2.16. The summed E-state index contributed by atoms with van der Waals surface area (Å²) in [6.45, 7) is 2.80. The number of ether oxygens (including phenoxy) is 1. The number of esters is 1. The quantitative estimate of drug-likeness (QED) is 0.510. The van der Waals surface area contributed by atoms with Gasteiger partial charge in [0.15, 0.2) is 6.10 Å². The van der Waals surface area contributed by atoms with Crippen LogP contribution in [0.5, 0.6) is 0 Å². The molecule has 0 bridgehead atoms. The molecule has 0 heterocycles. The largest absolute Gasteiger partial charge is 0.547 e. The molecular formula is C7H8ClO6-. The minimum absolute atomic E-state index is 0.00603. The number of halogens is 1. The Kier molecular flexibility index (Phi) is 5.14. The summed E-state index contributed by atoms with van der Waals surface area (Å²) in [5.41, 5.74) is 0. The molecule has 0 aromatic rings. The van der Waals surface area contributed by atoms with E-state index in [4.69, 9.17) is 21.8 Å². The Morgan fingerprint density at radius 3 is 2.29 bits per heavy atom. The summed E-state index contributed by atoms with van der Waals surface area (Å²) >= 11 is 5.22. The molecule has 80 valence electrons. The van der Waals surface area contributed by atoms with Crippen molar-refractivity contribution in [1.29, 1.82) is 0 Å². The third kappa shape index (κ3) is 4.22. The molecule has 0 fully saturated rings. The molecule has 0 amide bonds. The van der Waals surface area contributed by atoms with E-state index in [9.17, 15) is 14.7 Å².